The zero-order chi connectivity index (χ0) is 15.8. The third kappa shape index (κ3) is 2.88. The minimum Gasteiger partial charge on any atom is -0.394 e. The number of nitrogens with two attached hydrogens (primary N) is 1. The molecule has 0 heterocycles. The van der Waals surface area contributed by atoms with Gasteiger partial charge in [-0.2, -0.15) is 4.31 Å². The zero-order valence-corrected chi connectivity index (χ0v) is 12.4. The molecule has 21 heavy (non-hydrogen) atoms. The predicted molar refractivity (Wildman–Crippen MR) is 74.0 cm³/mol. The molecule has 3 N–H and O–H groups in total. The van der Waals surface area contributed by atoms with Crippen molar-refractivity contribution in [1.82, 2.24) is 4.31 Å². The van der Waals surface area contributed by atoms with Gasteiger partial charge < -0.3 is 10.8 Å². The Hall–Kier alpha value is -1.25. The maximum absolute atomic E-state index is 13.9. The molecule has 0 aliphatic heterocycles. The van der Waals surface area contributed by atoms with E-state index in [4.69, 9.17) is 5.73 Å². The molecule has 1 aliphatic carbocycles. The van der Waals surface area contributed by atoms with Crippen molar-refractivity contribution < 1.29 is 22.3 Å². The molecule has 1 aliphatic rings. The first-order chi connectivity index (χ1) is 9.76. The average molecular weight is 320 g/mol. The highest BCUT2D eigenvalue weighted by Gasteiger charge is 2.36. The van der Waals surface area contributed by atoms with Gasteiger partial charge in [-0.05, 0) is 25.0 Å². The number of aliphatic hydroxyl groups excluding tert-OH is 1. The molecule has 2 atom stereocenters. The molecule has 0 amide bonds. The average Bonchev–Trinajstić information content (AvgIpc) is 2.44. The summed E-state index contributed by atoms with van der Waals surface area (Å²) in [6.45, 7) is 0. The highest BCUT2D eigenvalue weighted by molar-refractivity contribution is 7.89. The maximum atomic E-state index is 13.9. The summed E-state index contributed by atoms with van der Waals surface area (Å²) in [5.74, 6) is -2.31. The minimum atomic E-state index is -4.19. The molecule has 0 spiro atoms. The van der Waals surface area contributed by atoms with Gasteiger partial charge in [0, 0.05) is 7.05 Å². The monoisotopic (exact) mass is 320 g/mol. The number of aliphatic hydroxyl groups is 1. The summed E-state index contributed by atoms with van der Waals surface area (Å²) in [4.78, 5) is -0.679. The number of hydrogen-bond acceptors (Lipinski definition) is 4. The first-order valence-electron chi connectivity index (χ1n) is 6.66. The van der Waals surface area contributed by atoms with Crippen LogP contribution in [0.4, 0.5) is 14.5 Å². The van der Waals surface area contributed by atoms with Gasteiger partial charge in [-0.25, -0.2) is 17.2 Å². The van der Waals surface area contributed by atoms with Gasteiger partial charge in [-0.1, -0.05) is 12.8 Å². The fourth-order valence-corrected chi connectivity index (χ4v) is 4.09. The fraction of sp³-hybridized carbons (Fsp3) is 0.538. The highest BCUT2D eigenvalue weighted by atomic mass is 32.2. The highest BCUT2D eigenvalue weighted by Crippen LogP contribution is 2.30. The summed E-state index contributed by atoms with van der Waals surface area (Å²) < 4.78 is 53.0. The Morgan fingerprint density at radius 2 is 1.90 bits per heavy atom. The van der Waals surface area contributed by atoms with E-state index in [0.29, 0.717) is 12.8 Å². The van der Waals surface area contributed by atoms with Gasteiger partial charge in [0.1, 0.15) is 16.4 Å². The van der Waals surface area contributed by atoms with Gasteiger partial charge >= 0.3 is 0 Å². The Labute approximate surface area is 122 Å². The van der Waals surface area contributed by atoms with Crippen LogP contribution in [0, 0.1) is 11.6 Å². The third-order valence-electron chi connectivity index (χ3n) is 3.91. The van der Waals surface area contributed by atoms with E-state index in [-0.39, 0.29) is 0 Å². The molecule has 1 saturated carbocycles. The number of likely N-dealkylation sites (N-methyl/N-ethyl adjacent to an activating group) is 1. The van der Waals surface area contributed by atoms with Crippen LogP contribution < -0.4 is 5.73 Å². The zero-order valence-electron chi connectivity index (χ0n) is 11.6. The van der Waals surface area contributed by atoms with Crippen LogP contribution in [0.5, 0.6) is 0 Å². The van der Waals surface area contributed by atoms with Crippen LogP contribution >= 0.6 is 0 Å². The number of sulfonamides is 1. The van der Waals surface area contributed by atoms with Crippen LogP contribution in [0.1, 0.15) is 25.7 Å². The van der Waals surface area contributed by atoms with Crippen molar-refractivity contribution in [3.8, 4) is 0 Å². The minimum absolute atomic E-state index is 0.495. The van der Waals surface area contributed by atoms with E-state index in [1.165, 1.54) is 7.05 Å². The fourth-order valence-electron chi connectivity index (χ4n) is 2.60. The molecule has 0 radical (unpaired) electrons. The second-order valence-electron chi connectivity index (χ2n) is 5.21. The van der Waals surface area contributed by atoms with Crippen molar-refractivity contribution in [2.24, 2.45) is 0 Å². The van der Waals surface area contributed by atoms with Gasteiger partial charge in [0.05, 0.1) is 12.1 Å². The van der Waals surface area contributed by atoms with Crippen molar-refractivity contribution in [3.63, 3.8) is 0 Å². The number of nitrogen functional groups attached to an aromatic ring is 1. The SMILES string of the molecule is CN(C1CCCCC1O)S(=O)(=O)c1ccc(F)c(N)c1F. The van der Waals surface area contributed by atoms with E-state index >= 15 is 0 Å². The lowest BCUT2D eigenvalue weighted by molar-refractivity contribution is 0.0637. The van der Waals surface area contributed by atoms with E-state index in [1.807, 2.05) is 0 Å². The van der Waals surface area contributed by atoms with Crippen molar-refractivity contribution >= 4 is 15.7 Å². The quantitative estimate of drug-likeness (QED) is 0.826. The largest absolute Gasteiger partial charge is 0.394 e. The van der Waals surface area contributed by atoms with Gasteiger partial charge in [-0.3, -0.25) is 0 Å². The van der Waals surface area contributed by atoms with Crippen LogP contribution in [0.15, 0.2) is 17.0 Å². The van der Waals surface area contributed by atoms with Gasteiger partial charge in [0.2, 0.25) is 10.0 Å². The smallest absolute Gasteiger partial charge is 0.246 e. The first kappa shape index (κ1) is 16.1. The van der Waals surface area contributed by atoms with E-state index in [9.17, 15) is 22.3 Å². The molecule has 2 unspecified atom stereocenters. The molecule has 0 saturated heterocycles. The van der Waals surface area contributed by atoms with E-state index in [1.54, 1.807) is 0 Å². The Bertz CT molecular complexity index is 637. The molecule has 5 nitrogen and oxygen atoms in total. The number of nitrogens with zero attached hydrogens (tertiary/aromatic N) is 1. The molecule has 1 aromatic rings. The molecule has 8 heteroatoms. The van der Waals surface area contributed by atoms with Crippen molar-refractivity contribution in [1.29, 1.82) is 0 Å². The molecule has 0 bridgehead atoms. The van der Waals surface area contributed by atoms with Gasteiger partial charge in [0.25, 0.3) is 0 Å². The Morgan fingerprint density at radius 3 is 2.52 bits per heavy atom. The number of halogens is 2. The predicted octanol–water partition coefficient (Wildman–Crippen LogP) is 1.47. The summed E-state index contributed by atoms with van der Waals surface area (Å²) >= 11 is 0. The topological polar surface area (TPSA) is 83.6 Å². The van der Waals surface area contributed by atoms with Gasteiger partial charge in [0.15, 0.2) is 5.82 Å². The van der Waals surface area contributed by atoms with E-state index in [2.05, 4.69) is 0 Å². The number of benzene rings is 1. The van der Waals surface area contributed by atoms with Crippen molar-refractivity contribution in [2.75, 3.05) is 12.8 Å². The normalized spacial score (nSPS) is 23.5. The lowest BCUT2D eigenvalue weighted by atomic mass is 9.93. The van der Waals surface area contributed by atoms with Gasteiger partial charge in [-0.15, -0.1) is 0 Å². The summed E-state index contributed by atoms with van der Waals surface area (Å²) in [5.41, 5.74) is 4.38. The van der Waals surface area contributed by atoms with Crippen LogP contribution in [-0.4, -0.2) is 37.0 Å². The number of rotatable bonds is 3. The number of hydrogen-bond donors (Lipinski definition) is 2. The lowest BCUT2D eigenvalue weighted by Crippen LogP contribution is -2.46. The molecular formula is C13H18F2N2O3S. The molecule has 1 fully saturated rings. The summed E-state index contributed by atoms with van der Waals surface area (Å²) in [6, 6.07) is 1.05. The summed E-state index contributed by atoms with van der Waals surface area (Å²) in [7, 11) is -2.90. The Balaban J connectivity index is 2.40. The van der Waals surface area contributed by atoms with Crippen molar-refractivity contribution in [3.05, 3.63) is 23.8 Å². The molecule has 118 valence electrons. The second-order valence-corrected chi connectivity index (χ2v) is 7.18. The molecule has 0 aromatic heterocycles. The van der Waals surface area contributed by atoms with Crippen LogP contribution in [0.2, 0.25) is 0 Å². The molecule has 2 rings (SSSR count). The second kappa shape index (κ2) is 5.86. The Morgan fingerprint density at radius 1 is 1.29 bits per heavy atom. The van der Waals surface area contributed by atoms with E-state index in [0.717, 1.165) is 29.3 Å². The van der Waals surface area contributed by atoms with E-state index < -0.39 is 44.4 Å². The summed E-state index contributed by atoms with van der Waals surface area (Å²) in [5, 5.41) is 9.93. The maximum Gasteiger partial charge on any atom is 0.246 e. The van der Waals surface area contributed by atoms with Crippen molar-refractivity contribution in [2.45, 2.75) is 42.7 Å². The van der Waals surface area contributed by atoms with Crippen LogP contribution in [0.25, 0.3) is 0 Å². The lowest BCUT2D eigenvalue weighted by Gasteiger charge is -2.34. The number of anilines is 1. The first-order valence-corrected chi connectivity index (χ1v) is 8.10. The third-order valence-corrected chi connectivity index (χ3v) is 5.81. The Kier molecular flexibility index (Phi) is 4.50. The summed E-state index contributed by atoms with van der Waals surface area (Å²) in [6.07, 6.45) is 1.81. The van der Waals surface area contributed by atoms with Crippen LogP contribution in [0.3, 0.4) is 0 Å². The van der Waals surface area contributed by atoms with Crippen LogP contribution in [-0.2, 0) is 10.0 Å². The molecule has 1 aromatic carbocycles. The molecular weight excluding hydrogens is 302 g/mol. The standard InChI is InChI=1S/C13H18F2N2O3S/c1-17(9-4-2-3-5-10(9)18)21(19,20)11-7-6-8(14)13(16)12(11)15/h6-7,9-10,18H,2-5,16H2,1H3.